The zero-order valence-corrected chi connectivity index (χ0v) is 15.1. The fourth-order valence-corrected chi connectivity index (χ4v) is 8.38. The molecular formula is C21H27ClFN. The van der Waals surface area contributed by atoms with E-state index in [4.69, 9.17) is 0 Å². The molecule has 130 valence electrons. The molecule has 1 aromatic carbocycles. The van der Waals surface area contributed by atoms with E-state index in [0.717, 1.165) is 71.8 Å². The highest BCUT2D eigenvalue weighted by atomic mass is 35.5. The van der Waals surface area contributed by atoms with E-state index in [0.29, 0.717) is 0 Å². The average Bonchev–Trinajstić information content (AvgIpc) is 3.06. The minimum Gasteiger partial charge on any atom is -0.303 e. The smallest absolute Gasteiger partial charge is 0.123 e. The predicted octanol–water partition coefficient (Wildman–Crippen LogP) is 4.26. The maximum Gasteiger partial charge on any atom is 0.123 e. The van der Waals surface area contributed by atoms with Crippen molar-refractivity contribution >= 4 is 12.4 Å². The van der Waals surface area contributed by atoms with Gasteiger partial charge in [-0.15, -0.1) is 12.4 Å². The number of hydrogen-bond acceptors (Lipinski definition) is 1. The number of benzene rings is 1. The molecule has 24 heavy (non-hydrogen) atoms. The highest BCUT2D eigenvalue weighted by molar-refractivity contribution is 5.85. The molecular weight excluding hydrogens is 321 g/mol. The molecule has 0 amide bonds. The highest BCUT2D eigenvalue weighted by Gasteiger charge is 2.80. The van der Waals surface area contributed by atoms with Crippen molar-refractivity contribution in [2.24, 2.45) is 47.3 Å². The molecule has 1 nitrogen and oxygen atoms in total. The summed E-state index contributed by atoms with van der Waals surface area (Å²) in [5.74, 6) is 8.75. The lowest BCUT2D eigenvalue weighted by molar-refractivity contribution is -0.0201. The van der Waals surface area contributed by atoms with Gasteiger partial charge in [0.05, 0.1) is 0 Å². The summed E-state index contributed by atoms with van der Waals surface area (Å²) >= 11 is 0. The number of fused-ring (bicyclic) bond motifs is 2. The van der Waals surface area contributed by atoms with Crippen molar-refractivity contribution in [1.29, 1.82) is 0 Å². The van der Waals surface area contributed by atoms with Gasteiger partial charge in [0, 0.05) is 6.04 Å². The summed E-state index contributed by atoms with van der Waals surface area (Å²) in [5, 5.41) is 0. The monoisotopic (exact) mass is 347 g/mol. The van der Waals surface area contributed by atoms with Crippen molar-refractivity contribution in [3.05, 3.63) is 35.6 Å². The summed E-state index contributed by atoms with van der Waals surface area (Å²) in [6.45, 7) is 1.18. The Balaban J connectivity index is 0.00000131. The summed E-state index contributed by atoms with van der Waals surface area (Å²) in [6.07, 6.45) is 5.35. The molecule has 0 heterocycles. The summed E-state index contributed by atoms with van der Waals surface area (Å²) in [5.41, 5.74) is 1.15. The first-order chi connectivity index (χ1) is 11.2. The summed E-state index contributed by atoms with van der Waals surface area (Å²) in [7, 11) is 2.38. The van der Waals surface area contributed by atoms with Crippen LogP contribution in [0.15, 0.2) is 24.3 Å². The van der Waals surface area contributed by atoms with Gasteiger partial charge >= 0.3 is 0 Å². The van der Waals surface area contributed by atoms with E-state index in [2.05, 4.69) is 18.0 Å². The quantitative estimate of drug-likeness (QED) is 0.769. The Kier molecular flexibility index (Phi) is 3.39. The lowest BCUT2D eigenvalue weighted by Crippen LogP contribution is -2.52. The zero-order valence-electron chi connectivity index (χ0n) is 14.3. The molecule has 5 saturated carbocycles. The van der Waals surface area contributed by atoms with Crippen LogP contribution in [0.2, 0.25) is 0 Å². The van der Waals surface area contributed by atoms with Gasteiger partial charge in [0.2, 0.25) is 0 Å². The van der Waals surface area contributed by atoms with E-state index < -0.39 is 0 Å². The van der Waals surface area contributed by atoms with Gasteiger partial charge in [0.15, 0.2) is 0 Å². The Labute approximate surface area is 150 Å². The number of halogens is 2. The molecule has 0 saturated heterocycles. The molecule has 0 radical (unpaired) electrons. The van der Waals surface area contributed by atoms with Crippen LogP contribution in [0.3, 0.4) is 0 Å². The second-order valence-corrected chi connectivity index (χ2v) is 9.14. The standard InChI is InChI=1S/C21H26FN.ClH/c1-23(7-3-5-11-4-2-6-12(22)8-11)21-18-14-10-15-17-13(14)9-16(18)19(17)20(15)21;/h2,4,6,8,13-21H,3,5,7,9-10H2,1H3;1H/t13-,14-,15+,16+,17+,18-,19-,20-,21-;/m0./s1. The van der Waals surface area contributed by atoms with Gasteiger partial charge in [-0.1, -0.05) is 12.1 Å². The van der Waals surface area contributed by atoms with Crippen LogP contribution >= 0.6 is 12.4 Å². The largest absolute Gasteiger partial charge is 0.303 e. The predicted molar refractivity (Wildman–Crippen MR) is 95.5 cm³/mol. The van der Waals surface area contributed by atoms with Crippen molar-refractivity contribution in [3.8, 4) is 0 Å². The molecule has 0 spiro atoms. The maximum atomic E-state index is 13.3. The SMILES string of the molecule is CN(CCCc1cccc(F)c1)[C@H]1[C@H]2[C@H]3C[C@@H]4[C@H]5[C@H]3C[C@H]2[C@@H]5[C@H]41.Cl. The molecule has 5 fully saturated rings. The number of hydrogen-bond donors (Lipinski definition) is 0. The first kappa shape index (κ1) is 15.6. The van der Waals surface area contributed by atoms with Gasteiger partial charge in [-0.3, -0.25) is 0 Å². The van der Waals surface area contributed by atoms with E-state index in [1.165, 1.54) is 6.54 Å². The Hall–Kier alpha value is -0.600. The lowest BCUT2D eigenvalue weighted by atomic mass is 9.58. The Bertz CT molecular complexity index is 657. The topological polar surface area (TPSA) is 3.24 Å². The zero-order chi connectivity index (χ0) is 15.3. The summed E-state index contributed by atoms with van der Waals surface area (Å²) in [4.78, 5) is 2.71. The van der Waals surface area contributed by atoms with Crippen molar-refractivity contribution in [1.82, 2.24) is 4.90 Å². The van der Waals surface area contributed by atoms with Crippen LogP contribution in [0.1, 0.15) is 24.8 Å². The lowest BCUT2D eigenvalue weighted by Gasteiger charge is -2.50. The Morgan fingerprint density at radius 1 is 1.00 bits per heavy atom. The normalized spacial score (nSPS) is 48.2. The molecule has 0 aliphatic heterocycles. The van der Waals surface area contributed by atoms with Crippen LogP contribution in [0.4, 0.5) is 4.39 Å². The minimum atomic E-state index is -0.0965. The molecule has 2 bridgehead atoms. The van der Waals surface area contributed by atoms with Gasteiger partial charge in [0.25, 0.3) is 0 Å². The summed E-state index contributed by atoms with van der Waals surface area (Å²) in [6, 6.07) is 8.03. The fraction of sp³-hybridized carbons (Fsp3) is 0.714. The third-order valence-electron chi connectivity index (χ3n) is 8.66. The first-order valence-electron chi connectivity index (χ1n) is 9.69. The van der Waals surface area contributed by atoms with Crippen LogP contribution in [0.5, 0.6) is 0 Å². The van der Waals surface area contributed by atoms with Crippen molar-refractivity contribution < 1.29 is 4.39 Å². The molecule has 6 rings (SSSR count). The van der Waals surface area contributed by atoms with Gasteiger partial charge < -0.3 is 4.90 Å². The fourth-order valence-electron chi connectivity index (χ4n) is 8.38. The van der Waals surface area contributed by atoms with Crippen molar-refractivity contribution in [2.45, 2.75) is 31.7 Å². The molecule has 9 atom stereocenters. The van der Waals surface area contributed by atoms with Crippen molar-refractivity contribution in [2.75, 3.05) is 13.6 Å². The van der Waals surface area contributed by atoms with Gasteiger partial charge in [-0.05, 0) is 104 Å². The van der Waals surface area contributed by atoms with Gasteiger partial charge in [-0.25, -0.2) is 4.39 Å². The average molecular weight is 348 g/mol. The third-order valence-corrected chi connectivity index (χ3v) is 8.66. The van der Waals surface area contributed by atoms with E-state index in [9.17, 15) is 4.39 Å². The van der Waals surface area contributed by atoms with Crippen LogP contribution in [0.25, 0.3) is 0 Å². The third kappa shape index (κ3) is 1.75. The molecule has 5 aliphatic carbocycles. The Morgan fingerprint density at radius 2 is 1.75 bits per heavy atom. The molecule has 3 heteroatoms. The van der Waals surface area contributed by atoms with E-state index in [1.807, 2.05) is 6.07 Å². The van der Waals surface area contributed by atoms with Gasteiger partial charge in [0.1, 0.15) is 5.82 Å². The van der Waals surface area contributed by atoms with Gasteiger partial charge in [-0.2, -0.15) is 0 Å². The molecule has 5 aliphatic rings. The second-order valence-electron chi connectivity index (χ2n) is 9.14. The van der Waals surface area contributed by atoms with Crippen LogP contribution in [-0.4, -0.2) is 24.5 Å². The first-order valence-corrected chi connectivity index (χ1v) is 9.69. The number of rotatable bonds is 5. The molecule has 0 aromatic heterocycles. The van der Waals surface area contributed by atoms with Crippen molar-refractivity contribution in [3.63, 3.8) is 0 Å². The van der Waals surface area contributed by atoms with Crippen LogP contribution in [0, 0.1) is 53.2 Å². The molecule has 0 unspecified atom stereocenters. The van der Waals surface area contributed by atoms with E-state index >= 15 is 0 Å². The van der Waals surface area contributed by atoms with Crippen LogP contribution < -0.4 is 0 Å². The number of nitrogens with zero attached hydrogens (tertiary/aromatic N) is 1. The second kappa shape index (κ2) is 5.20. The minimum absolute atomic E-state index is 0. The molecule has 1 aromatic rings. The number of aryl methyl sites for hydroxylation is 1. The molecule has 0 N–H and O–H groups in total. The van der Waals surface area contributed by atoms with E-state index in [1.54, 1.807) is 25.0 Å². The maximum absolute atomic E-state index is 13.3. The van der Waals surface area contributed by atoms with Crippen LogP contribution in [-0.2, 0) is 6.42 Å². The highest BCUT2D eigenvalue weighted by Crippen LogP contribution is 2.83. The summed E-state index contributed by atoms with van der Waals surface area (Å²) < 4.78 is 13.3. The Morgan fingerprint density at radius 3 is 2.54 bits per heavy atom. The van der Waals surface area contributed by atoms with E-state index in [-0.39, 0.29) is 18.2 Å².